The number of hydrogen-bond acceptors (Lipinski definition) is 7. The zero-order valence-electron chi connectivity index (χ0n) is 28.9. The van der Waals surface area contributed by atoms with Crippen molar-refractivity contribution in [3.8, 4) is 5.75 Å². The SMILES string of the molecule is CCOc1cc(C(C)(C)C)ncc1C1=N[C@@](C)(c2ccc(Cl)cc2)[C@@](C)(c2ccc(Cl)cc2)N1C(=O)N1CCN(CCCS(=O)(=O)O)CC1. The van der Waals surface area contributed by atoms with Crippen molar-refractivity contribution in [3.63, 3.8) is 0 Å². The largest absolute Gasteiger partial charge is 0.493 e. The van der Waals surface area contributed by atoms with E-state index in [9.17, 15) is 8.42 Å². The molecule has 1 aromatic heterocycles. The van der Waals surface area contributed by atoms with Gasteiger partial charge in [0.2, 0.25) is 0 Å². The van der Waals surface area contributed by atoms with E-state index in [0.717, 1.165) is 16.8 Å². The number of halogens is 2. The topological polar surface area (TPSA) is 116 Å². The molecule has 3 heterocycles. The van der Waals surface area contributed by atoms with Crippen molar-refractivity contribution >= 4 is 45.2 Å². The van der Waals surface area contributed by atoms with Gasteiger partial charge in [-0.3, -0.25) is 24.3 Å². The van der Waals surface area contributed by atoms with Crippen LogP contribution in [-0.2, 0) is 26.6 Å². The third kappa shape index (κ3) is 7.61. The number of pyridine rings is 1. The molecule has 1 N–H and O–H groups in total. The van der Waals surface area contributed by atoms with Crippen molar-refractivity contribution in [2.45, 2.75) is 64.5 Å². The van der Waals surface area contributed by atoms with E-state index >= 15 is 4.79 Å². The molecule has 2 amide bonds. The summed E-state index contributed by atoms with van der Waals surface area (Å²) in [7, 11) is -4.03. The summed E-state index contributed by atoms with van der Waals surface area (Å²) in [5.41, 5.74) is 0.850. The molecule has 3 aromatic rings. The number of piperazine rings is 1. The normalized spacial score (nSPS) is 21.9. The summed E-state index contributed by atoms with van der Waals surface area (Å²) < 4.78 is 37.9. The highest BCUT2D eigenvalue weighted by Crippen LogP contribution is 2.54. The maximum absolute atomic E-state index is 15.1. The number of amides is 2. The van der Waals surface area contributed by atoms with Crippen molar-refractivity contribution in [1.82, 2.24) is 19.7 Å². The summed E-state index contributed by atoms with van der Waals surface area (Å²) in [5, 5.41) is 1.16. The van der Waals surface area contributed by atoms with Gasteiger partial charge in [-0.15, -0.1) is 0 Å². The van der Waals surface area contributed by atoms with Gasteiger partial charge >= 0.3 is 6.03 Å². The van der Waals surface area contributed by atoms with Crippen molar-refractivity contribution in [3.05, 3.63) is 93.2 Å². The second-order valence-electron chi connectivity index (χ2n) is 13.9. The van der Waals surface area contributed by atoms with Crippen LogP contribution >= 0.6 is 23.2 Å². The molecule has 0 aliphatic carbocycles. The molecule has 49 heavy (non-hydrogen) atoms. The van der Waals surface area contributed by atoms with Gasteiger partial charge in [-0.2, -0.15) is 8.42 Å². The maximum Gasteiger partial charge on any atom is 0.326 e. The van der Waals surface area contributed by atoms with E-state index in [1.165, 1.54) is 0 Å². The van der Waals surface area contributed by atoms with Crippen molar-refractivity contribution in [2.24, 2.45) is 4.99 Å². The Labute approximate surface area is 299 Å². The molecule has 13 heteroatoms. The number of urea groups is 1. The van der Waals surface area contributed by atoms with Crippen LogP contribution in [0.2, 0.25) is 10.0 Å². The molecule has 1 fully saturated rings. The number of hydrogen-bond donors (Lipinski definition) is 1. The van der Waals surface area contributed by atoms with E-state index in [0.29, 0.717) is 72.9 Å². The standard InChI is InChI=1S/C36H45Cl2N5O5S/c1-7-48-30-23-31(34(2,3)4)39-24-29(30)32-40-35(5,25-9-13-27(37)14-10-25)36(6,26-11-15-28(38)16-12-26)43(32)33(44)42-20-18-41(19-21-42)17-8-22-49(45,46)47/h9-16,23-24H,7-8,17-22H2,1-6H3,(H,45,46,47)/t35-,36+/m0/s1. The lowest BCUT2D eigenvalue weighted by atomic mass is 9.71. The van der Waals surface area contributed by atoms with Crippen LogP contribution < -0.4 is 4.74 Å². The summed E-state index contributed by atoms with van der Waals surface area (Å²) in [6.07, 6.45) is 2.06. The average molecular weight is 731 g/mol. The van der Waals surface area contributed by atoms with Crippen LogP contribution in [0.15, 0.2) is 65.8 Å². The number of ether oxygens (including phenoxy) is 1. The molecule has 0 saturated carbocycles. The second-order valence-corrected chi connectivity index (χ2v) is 16.4. The lowest BCUT2D eigenvalue weighted by Gasteiger charge is -2.47. The molecule has 0 bridgehead atoms. The molecule has 5 rings (SSSR count). The third-order valence-corrected chi connectivity index (χ3v) is 10.9. The van der Waals surface area contributed by atoms with Gasteiger partial charge in [-0.05, 0) is 69.1 Å². The molecular weight excluding hydrogens is 685 g/mol. The van der Waals surface area contributed by atoms with Gasteiger partial charge in [0.25, 0.3) is 10.1 Å². The molecule has 2 atom stereocenters. The fourth-order valence-corrected chi connectivity index (χ4v) is 7.38. The molecule has 0 radical (unpaired) electrons. The van der Waals surface area contributed by atoms with E-state index in [1.807, 2.05) is 80.3 Å². The van der Waals surface area contributed by atoms with Crippen molar-refractivity contribution in [2.75, 3.05) is 45.1 Å². The summed E-state index contributed by atoms with van der Waals surface area (Å²) in [6, 6.07) is 16.8. The minimum atomic E-state index is -4.03. The predicted octanol–water partition coefficient (Wildman–Crippen LogP) is 6.99. The van der Waals surface area contributed by atoms with Gasteiger partial charge in [0.15, 0.2) is 0 Å². The van der Waals surface area contributed by atoms with Crippen LogP contribution in [-0.4, -0.2) is 89.6 Å². The molecule has 264 valence electrons. The first kappa shape index (κ1) is 37.0. The Bertz CT molecular complexity index is 1810. The Hall–Kier alpha value is -3.22. The highest BCUT2D eigenvalue weighted by molar-refractivity contribution is 7.85. The number of benzene rings is 2. The first-order valence-corrected chi connectivity index (χ1v) is 18.9. The average Bonchev–Trinajstić information content (AvgIpc) is 3.28. The van der Waals surface area contributed by atoms with E-state index < -0.39 is 21.2 Å². The molecule has 2 aliphatic rings. The molecule has 0 unspecified atom stereocenters. The number of nitrogens with zero attached hydrogens (tertiary/aromatic N) is 5. The molecule has 0 spiro atoms. The zero-order valence-corrected chi connectivity index (χ0v) is 31.2. The van der Waals surface area contributed by atoms with Crippen LogP contribution in [0.1, 0.15) is 70.3 Å². The first-order valence-electron chi connectivity index (χ1n) is 16.5. The Morgan fingerprint density at radius 2 is 1.53 bits per heavy atom. The van der Waals surface area contributed by atoms with Crippen LogP contribution in [0.4, 0.5) is 4.79 Å². The number of carbonyl (C=O) groups is 1. The van der Waals surface area contributed by atoms with Crippen LogP contribution in [0, 0.1) is 0 Å². The van der Waals surface area contributed by atoms with Gasteiger partial charge in [0, 0.05) is 59.6 Å². The third-order valence-electron chi connectivity index (χ3n) is 9.64. The summed E-state index contributed by atoms with van der Waals surface area (Å²) in [6.45, 7) is 15.1. The highest BCUT2D eigenvalue weighted by atomic mass is 35.5. The van der Waals surface area contributed by atoms with E-state index in [4.69, 9.17) is 42.5 Å². The molecule has 1 saturated heterocycles. The Morgan fingerprint density at radius 1 is 0.959 bits per heavy atom. The first-order chi connectivity index (χ1) is 23.0. The smallest absolute Gasteiger partial charge is 0.326 e. The van der Waals surface area contributed by atoms with E-state index in [2.05, 4.69) is 25.7 Å². The van der Waals surface area contributed by atoms with E-state index in [1.54, 1.807) is 11.1 Å². The lowest BCUT2D eigenvalue weighted by Crippen LogP contribution is -2.60. The number of rotatable bonds is 9. The second kappa shape index (κ2) is 14.2. The Balaban J connectivity index is 1.65. The minimum absolute atomic E-state index is 0.228. The Morgan fingerprint density at radius 3 is 2.06 bits per heavy atom. The van der Waals surface area contributed by atoms with Gasteiger partial charge in [0.05, 0.1) is 17.9 Å². The van der Waals surface area contributed by atoms with Crippen molar-refractivity contribution in [1.29, 1.82) is 0 Å². The van der Waals surface area contributed by atoms with Gasteiger partial charge in [-0.25, -0.2) is 4.79 Å². The fraction of sp³-hybridized carbons (Fsp3) is 0.472. The van der Waals surface area contributed by atoms with Gasteiger partial charge < -0.3 is 9.64 Å². The van der Waals surface area contributed by atoms with Crippen molar-refractivity contribution < 1.29 is 22.5 Å². The lowest BCUT2D eigenvalue weighted by molar-refractivity contribution is 0.0868. The summed E-state index contributed by atoms with van der Waals surface area (Å²) >= 11 is 12.7. The number of carbonyl (C=O) groups excluding carboxylic acids is 1. The maximum atomic E-state index is 15.1. The summed E-state index contributed by atoms with van der Waals surface area (Å²) in [5.74, 6) is 0.723. The minimum Gasteiger partial charge on any atom is -0.493 e. The number of aromatic nitrogens is 1. The van der Waals surface area contributed by atoms with Crippen LogP contribution in [0.25, 0.3) is 0 Å². The Kier molecular flexibility index (Phi) is 10.7. The number of amidine groups is 1. The molecule has 10 nitrogen and oxygen atoms in total. The van der Waals surface area contributed by atoms with Gasteiger partial charge in [0.1, 0.15) is 22.7 Å². The van der Waals surface area contributed by atoms with Crippen LogP contribution in [0.3, 0.4) is 0 Å². The van der Waals surface area contributed by atoms with E-state index in [-0.39, 0.29) is 17.2 Å². The number of aliphatic imine (C=N–C) groups is 1. The molecule has 2 aliphatic heterocycles. The van der Waals surface area contributed by atoms with Gasteiger partial charge in [-0.1, -0.05) is 68.2 Å². The van der Waals surface area contributed by atoms with Crippen LogP contribution in [0.5, 0.6) is 5.75 Å². The predicted molar refractivity (Wildman–Crippen MR) is 195 cm³/mol. The molecular formula is C36H45Cl2N5O5S. The monoisotopic (exact) mass is 729 g/mol. The quantitative estimate of drug-likeness (QED) is 0.236. The fourth-order valence-electron chi connectivity index (χ4n) is 6.63. The zero-order chi connectivity index (χ0) is 35.8. The highest BCUT2D eigenvalue weighted by Gasteiger charge is 2.60. The summed E-state index contributed by atoms with van der Waals surface area (Å²) in [4.78, 5) is 31.1. The molecule has 2 aromatic carbocycles.